The van der Waals surface area contributed by atoms with Crippen molar-refractivity contribution in [1.29, 1.82) is 0 Å². The Bertz CT molecular complexity index is 1060. The van der Waals surface area contributed by atoms with E-state index in [2.05, 4.69) is 0 Å². The Morgan fingerprint density at radius 1 is 1.06 bits per heavy atom. The molecule has 2 aliphatic rings. The minimum atomic E-state index is -0.785. The number of halogens is 1. The molecule has 1 amide bonds. The van der Waals surface area contributed by atoms with Crippen LogP contribution in [0.2, 0.25) is 5.02 Å². The monoisotopic (exact) mass is 441 g/mol. The third kappa shape index (κ3) is 3.65. The Balaban J connectivity index is 1.96. The number of methoxy groups -OCH3 is 2. The molecule has 6 nitrogen and oxygen atoms in total. The van der Waals surface area contributed by atoms with Gasteiger partial charge in [0.05, 0.1) is 25.8 Å². The van der Waals surface area contributed by atoms with E-state index in [4.69, 9.17) is 21.1 Å². The number of carbonyl (C=O) groups is 2. The number of carbonyl (C=O) groups excluding carboxylic acids is 2. The fourth-order valence-corrected chi connectivity index (χ4v) is 4.82. The van der Waals surface area contributed by atoms with Crippen molar-refractivity contribution in [1.82, 2.24) is 4.90 Å². The van der Waals surface area contributed by atoms with Gasteiger partial charge >= 0.3 is 0 Å². The van der Waals surface area contributed by atoms with E-state index < -0.39 is 17.7 Å². The van der Waals surface area contributed by atoms with Crippen molar-refractivity contribution in [3.63, 3.8) is 0 Å². The van der Waals surface area contributed by atoms with E-state index in [1.807, 2.05) is 0 Å². The second-order valence-electron chi connectivity index (χ2n) is 7.74. The number of rotatable bonds is 5. The summed E-state index contributed by atoms with van der Waals surface area (Å²) < 4.78 is 11.1. The topological polar surface area (TPSA) is 76.1 Å². The molecule has 31 heavy (non-hydrogen) atoms. The predicted octanol–water partition coefficient (Wildman–Crippen LogP) is 4.72. The molecule has 1 heterocycles. The van der Waals surface area contributed by atoms with Gasteiger partial charge < -0.3 is 19.5 Å². The van der Waals surface area contributed by atoms with Crippen LogP contribution in [0.3, 0.4) is 0 Å². The Labute approximate surface area is 186 Å². The van der Waals surface area contributed by atoms with Crippen LogP contribution in [0.25, 0.3) is 5.76 Å². The van der Waals surface area contributed by atoms with E-state index in [-0.39, 0.29) is 17.4 Å². The summed E-state index contributed by atoms with van der Waals surface area (Å²) in [5.41, 5.74) is 1.01. The minimum Gasteiger partial charge on any atom is -0.507 e. The molecule has 7 heteroatoms. The quantitative estimate of drug-likeness (QED) is 0.412. The number of benzene rings is 2. The standard InChI is InChI=1S/C24H24ClNO5/c1-30-18-12-6-11-17(23(18)31-2)20-19(21(27)14-7-5-8-15(25)13-14)22(28)24(29)26(20)16-9-3-4-10-16/h5-8,11-13,16,20,27H,3-4,9-10H2,1-2H3/b21-19-. The summed E-state index contributed by atoms with van der Waals surface area (Å²) in [6, 6.07) is 11.1. The van der Waals surface area contributed by atoms with Crippen molar-refractivity contribution >= 4 is 29.1 Å². The van der Waals surface area contributed by atoms with E-state index in [0.29, 0.717) is 27.6 Å². The maximum Gasteiger partial charge on any atom is 0.295 e. The van der Waals surface area contributed by atoms with E-state index in [1.165, 1.54) is 14.2 Å². The van der Waals surface area contributed by atoms with E-state index in [0.717, 1.165) is 25.7 Å². The van der Waals surface area contributed by atoms with E-state index in [1.54, 1.807) is 47.4 Å². The molecule has 1 N–H and O–H groups in total. The zero-order valence-electron chi connectivity index (χ0n) is 17.4. The summed E-state index contributed by atoms with van der Waals surface area (Å²) in [6.45, 7) is 0. The van der Waals surface area contributed by atoms with E-state index in [9.17, 15) is 14.7 Å². The van der Waals surface area contributed by atoms with Gasteiger partial charge in [-0.3, -0.25) is 9.59 Å². The first-order valence-corrected chi connectivity index (χ1v) is 10.6. The molecule has 1 saturated heterocycles. The Hall–Kier alpha value is -2.99. The number of likely N-dealkylation sites (tertiary alicyclic amines) is 1. The highest BCUT2D eigenvalue weighted by Crippen LogP contribution is 2.48. The van der Waals surface area contributed by atoms with Crippen molar-refractivity contribution in [2.24, 2.45) is 0 Å². The molecule has 1 atom stereocenters. The number of ketones is 1. The van der Waals surface area contributed by atoms with Crippen molar-refractivity contribution in [3.8, 4) is 11.5 Å². The number of para-hydroxylation sites is 1. The van der Waals surface area contributed by atoms with Crippen LogP contribution >= 0.6 is 11.6 Å². The van der Waals surface area contributed by atoms with Crippen LogP contribution in [0, 0.1) is 0 Å². The summed E-state index contributed by atoms with van der Waals surface area (Å²) in [6.07, 6.45) is 3.61. The fraction of sp³-hybridized carbons (Fsp3) is 0.333. The van der Waals surface area contributed by atoms with Gasteiger partial charge in [-0.1, -0.05) is 48.7 Å². The molecule has 2 aromatic rings. The van der Waals surface area contributed by atoms with Crippen LogP contribution in [-0.4, -0.2) is 42.0 Å². The first-order valence-electron chi connectivity index (χ1n) is 10.2. The molecule has 1 unspecified atom stereocenters. The Morgan fingerprint density at radius 2 is 1.77 bits per heavy atom. The van der Waals surface area contributed by atoms with Crippen LogP contribution < -0.4 is 9.47 Å². The molecule has 4 rings (SSSR count). The van der Waals surface area contributed by atoms with Gasteiger partial charge in [0.25, 0.3) is 11.7 Å². The van der Waals surface area contributed by atoms with Crippen molar-refractivity contribution in [3.05, 3.63) is 64.2 Å². The Kier molecular flexibility index (Phi) is 5.92. The SMILES string of the molecule is COc1cccc(C2/C(=C(/O)c3cccc(Cl)c3)C(=O)C(=O)N2C2CCCC2)c1OC. The zero-order chi connectivity index (χ0) is 22.1. The molecule has 0 spiro atoms. The third-order valence-corrected chi connectivity index (χ3v) is 6.26. The summed E-state index contributed by atoms with van der Waals surface area (Å²) in [4.78, 5) is 28.0. The van der Waals surface area contributed by atoms with Crippen LogP contribution in [0.4, 0.5) is 0 Å². The van der Waals surface area contributed by atoms with E-state index >= 15 is 0 Å². The Morgan fingerprint density at radius 3 is 2.42 bits per heavy atom. The van der Waals surface area contributed by atoms with Crippen molar-refractivity contribution < 1.29 is 24.2 Å². The number of hydrogen-bond acceptors (Lipinski definition) is 5. The lowest BCUT2D eigenvalue weighted by Gasteiger charge is -2.31. The number of nitrogens with zero attached hydrogens (tertiary/aromatic N) is 1. The second-order valence-corrected chi connectivity index (χ2v) is 8.17. The van der Waals surface area contributed by atoms with Gasteiger partial charge in [-0.25, -0.2) is 0 Å². The highest BCUT2D eigenvalue weighted by atomic mass is 35.5. The van der Waals surface area contributed by atoms with Gasteiger partial charge in [0, 0.05) is 22.2 Å². The molecule has 2 fully saturated rings. The normalized spacial score (nSPS) is 21.0. The highest BCUT2D eigenvalue weighted by molar-refractivity contribution is 6.46. The van der Waals surface area contributed by atoms with Gasteiger partial charge in [0.1, 0.15) is 5.76 Å². The largest absolute Gasteiger partial charge is 0.507 e. The molecule has 0 radical (unpaired) electrons. The maximum atomic E-state index is 13.2. The van der Waals surface area contributed by atoms with Crippen LogP contribution in [0.5, 0.6) is 11.5 Å². The van der Waals surface area contributed by atoms with Gasteiger partial charge in [0.15, 0.2) is 11.5 Å². The van der Waals surface area contributed by atoms with Gasteiger partial charge in [-0.2, -0.15) is 0 Å². The molecule has 1 aliphatic carbocycles. The summed E-state index contributed by atoms with van der Waals surface area (Å²) >= 11 is 6.10. The number of Topliss-reactive ketones (excluding diaryl/α,β-unsaturated/α-hetero) is 1. The molecular weight excluding hydrogens is 418 g/mol. The van der Waals surface area contributed by atoms with Crippen LogP contribution in [0.1, 0.15) is 42.9 Å². The molecule has 0 bridgehead atoms. The van der Waals surface area contributed by atoms with Crippen LogP contribution in [-0.2, 0) is 9.59 Å². The third-order valence-electron chi connectivity index (χ3n) is 6.02. The number of amides is 1. The first kappa shape index (κ1) is 21.2. The first-order chi connectivity index (χ1) is 15.0. The summed E-state index contributed by atoms with van der Waals surface area (Å²) in [7, 11) is 3.04. The lowest BCUT2D eigenvalue weighted by Crippen LogP contribution is -2.37. The number of hydrogen-bond donors (Lipinski definition) is 1. The lowest BCUT2D eigenvalue weighted by molar-refractivity contribution is -0.141. The van der Waals surface area contributed by atoms with Gasteiger partial charge in [-0.05, 0) is 31.0 Å². The summed E-state index contributed by atoms with van der Waals surface area (Å²) in [5, 5.41) is 11.6. The smallest absolute Gasteiger partial charge is 0.295 e. The fourth-order valence-electron chi connectivity index (χ4n) is 4.63. The van der Waals surface area contributed by atoms with Crippen molar-refractivity contribution in [2.75, 3.05) is 14.2 Å². The molecular formula is C24H24ClNO5. The molecule has 162 valence electrons. The zero-order valence-corrected chi connectivity index (χ0v) is 18.2. The highest BCUT2D eigenvalue weighted by Gasteiger charge is 2.50. The second kappa shape index (κ2) is 8.63. The average Bonchev–Trinajstić information content (AvgIpc) is 3.39. The number of aliphatic hydroxyl groups is 1. The maximum absolute atomic E-state index is 13.2. The lowest BCUT2D eigenvalue weighted by atomic mass is 9.93. The van der Waals surface area contributed by atoms with Gasteiger partial charge in [0.2, 0.25) is 0 Å². The molecule has 1 saturated carbocycles. The molecule has 2 aromatic carbocycles. The number of ether oxygens (including phenoxy) is 2. The molecule has 0 aromatic heterocycles. The number of aliphatic hydroxyl groups excluding tert-OH is 1. The molecule has 1 aliphatic heterocycles. The van der Waals surface area contributed by atoms with Crippen molar-refractivity contribution in [2.45, 2.75) is 37.8 Å². The van der Waals surface area contributed by atoms with Gasteiger partial charge in [-0.15, -0.1) is 0 Å². The minimum absolute atomic E-state index is 0.0331. The predicted molar refractivity (Wildman–Crippen MR) is 117 cm³/mol. The van der Waals surface area contributed by atoms with Crippen LogP contribution in [0.15, 0.2) is 48.0 Å². The summed E-state index contributed by atoms with van der Waals surface area (Å²) in [5.74, 6) is -0.655. The average molecular weight is 442 g/mol.